The SMILES string of the molecule is CCCC(C(=O)O)C1(O)CCS(=O)(=O)CC1. The van der Waals surface area contributed by atoms with Crippen molar-refractivity contribution in [1.82, 2.24) is 0 Å². The van der Waals surface area contributed by atoms with Gasteiger partial charge < -0.3 is 10.2 Å². The van der Waals surface area contributed by atoms with E-state index in [0.29, 0.717) is 12.8 Å². The first kappa shape index (κ1) is 13.4. The summed E-state index contributed by atoms with van der Waals surface area (Å²) in [5.41, 5.74) is -1.35. The standard InChI is InChI=1S/C10H18O5S/c1-2-3-8(9(11)12)10(13)4-6-16(14,15)7-5-10/h8,13H,2-7H2,1H3,(H,11,12). The van der Waals surface area contributed by atoms with Gasteiger partial charge in [0.1, 0.15) is 0 Å². The van der Waals surface area contributed by atoms with E-state index in [9.17, 15) is 18.3 Å². The normalized spacial score (nSPS) is 24.9. The van der Waals surface area contributed by atoms with Crippen LogP contribution in [0.3, 0.4) is 0 Å². The molecule has 16 heavy (non-hydrogen) atoms. The Labute approximate surface area is 95.4 Å². The van der Waals surface area contributed by atoms with Crippen molar-refractivity contribution >= 4 is 15.8 Å². The van der Waals surface area contributed by atoms with E-state index in [1.807, 2.05) is 6.92 Å². The number of hydrogen-bond acceptors (Lipinski definition) is 4. The van der Waals surface area contributed by atoms with E-state index in [0.717, 1.165) is 0 Å². The number of sulfone groups is 1. The van der Waals surface area contributed by atoms with E-state index < -0.39 is 27.3 Å². The van der Waals surface area contributed by atoms with Crippen LogP contribution < -0.4 is 0 Å². The van der Waals surface area contributed by atoms with Crippen LogP contribution in [0.1, 0.15) is 32.6 Å². The molecule has 0 saturated carbocycles. The Balaban J connectivity index is 2.80. The van der Waals surface area contributed by atoms with Gasteiger partial charge in [0, 0.05) is 0 Å². The van der Waals surface area contributed by atoms with E-state index in [2.05, 4.69) is 0 Å². The summed E-state index contributed by atoms with van der Waals surface area (Å²) in [4.78, 5) is 11.0. The van der Waals surface area contributed by atoms with Gasteiger partial charge in [0.05, 0.1) is 23.0 Å². The Morgan fingerprint density at radius 3 is 2.25 bits per heavy atom. The molecular formula is C10H18O5S. The maximum absolute atomic E-state index is 11.2. The number of aliphatic hydroxyl groups is 1. The van der Waals surface area contributed by atoms with E-state index in [-0.39, 0.29) is 24.3 Å². The number of carbonyl (C=O) groups is 1. The molecule has 0 aromatic carbocycles. The first-order valence-corrected chi connectivity index (χ1v) is 7.28. The molecule has 1 saturated heterocycles. The molecule has 0 amide bonds. The molecule has 2 N–H and O–H groups in total. The summed E-state index contributed by atoms with van der Waals surface area (Å²) in [5.74, 6) is -2.12. The minimum atomic E-state index is -3.08. The lowest BCUT2D eigenvalue weighted by Gasteiger charge is -2.36. The molecule has 0 aliphatic carbocycles. The van der Waals surface area contributed by atoms with Gasteiger partial charge in [-0.25, -0.2) is 8.42 Å². The molecule has 1 heterocycles. The molecule has 1 aliphatic heterocycles. The van der Waals surface area contributed by atoms with Crippen LogP contribution in [0, 0.1) is 5.92 Å². The predicted octanol–water partition coefficient (Wildman–Crippen LogP) is 0.427. The van der Waals surface area contributed by atoms with Gasteiger partial charge in [0.15, 0.2) is 9.84 Å². The smallest absolute Gasteiger partial charge is 0.309 e. The molecule has 1 fully saturated rings. The third-order valence-electron chi connectivity index (χ3n) is 3.22. The molecular weight excluding hydrogens is 232 g/mol. The quantitative estimate of drug-likeness (QED) is 0.754. The molecule has 0 aromatic rings. The van der Waals surface area contributed by atoms with Crippen LogP contribution in [0.25, 0.3) is 0 Å². The van der Waals surface area contributed by atoms with Gasteiger partial charge >= 0.3 is 5.97 Å². The van der Waals surface area contributed by atoms with E-state index in [1.54, 1.807) is 0 Å². The van der Waals surface area contributed by atoms with Crippen molar-refractivity contribution in [1.29, 1.82) is 0 Å². The van der Waals surface area contributed by atoms with Crippen LogP contribution in [0.4, 0.5) is 0 Å². The molecule has 0 aromatic heterocycles. The highest BCUT2D eigenvalue weighted by atomic mass is 32.2. The molecule has 1 unspecified atom stereocenters. The van der Waals surface area contributed by atoms with Gasteiger partial charge in [-0.3, -0.25) is 4.79 Å². The van der Waals surface area contributed by atoms with Crippen molar-refractivity contribution in [3.63, 3.8) is 0 Å². The fourth-order valence-electron chi connectivity index (χ4n) is 2.15. The van der Waals surface area contributed by atoms with E-state index in [4.69, 9.17) is 5.11 Å². The van der Waals surface area contributed by atoms with Crippen LogP contribution in [0.15, 0.2) is 0 Å². The highest BCUT2D eigenvalue weighted by Crippen LogP contribution is 2.33. The molecule has 0 radical (unpaired) electrons. The molecule has 0 bridgehead atoms. The Bertz CT molecular complexity index is 345. The van der Waals surface area contributed by atoms with Gasteiger partial charge in [-0.2, -0.15) is 0 Å². The molecule has 1 aliphatic rings. The average molecular weight is 250 g/mol. The highest BCUT2D eigenvalue weighted by molar-refractivity contribution is 7.91. The fraction of sp³-hybridized carbons (Fsp3) is 0.900. The lowest BCUT2D eigenvalue weighted by Crippen LogP contribution is -2.48. The Morgan fingerprint density at radius 2 is 1.88 bits per heavy atom. The number of carboxylic acid groups (broad SMARTS) is 1. The summed E-state index contributed by atoms with van der Waals surface area (Å²) in [6, 6.07) is 0. The van der Waals surface area contributed by atoms with Gasteiger partial charge in [-0.1, -0.05) is 13.3 Å². The van der Waals surface area contributed by atoms with Gasteiger partial charge in [-0.15, -0.1) is 0 Å². The third kappa shape index (κ3) is 2.95. The monoisotopic (exact) mass is 250 g/mol. The zero-order valence-corrected chi connectivity index (χ0v) is 10.2. The number of hydrogen-bond donors (Lipinski definition) is 2. The van der Waals surface area contributed by atoms with Gasteiger partial charge in [-0.05, 0) is 19.3 Å². The third-order valence-corrected chi connectivity index (χ3v) is 4.87. The van der Waals surface area contributed by atoms with E-state index >= 15 is 0 Å². The predicted molar refractivity (Wildman–Crippen MR) is 58.9 cm³/mol. The van der Waals surface area contributed by atoms with Crippen molar-refractivity contribution in [2.75, 3.05) is 11.5 Å². The van der Waals surface area contributed by atoms with Crippen molar-refractivity contribution in [2.45, 2.75) is 38.2 Å². The maximum Gasteiger partial charge on any atom is 0.309 e. The summed E-state index contributed by atoms with van der Waals surface area (Å²) < 4.78 is 22.5. The molecule has 94 valence electrons. The van der Waals surface area contributed by atoms with Crippen LogP contribution >= 0.6 is 0 Å². The summed E-state index contributed by atoms with van der Waals surface area (Å²) >= 11 is 0. The zero-order valence-electron chi connectivity index (χ0n) is 9.35. The fourth-order valence-corrected chi connectivity index (χ4v) is 3.68. The minimum Gasteiger partial charge on any atom is -0.481 e. The van der Waals surface area contributed by atoms with Crippen molar-refractivity contribution in [3.8, 4) is 0 Å². The minimum absolute atomic E-state index is 0.0340. The Morgan fingerprint density at radius 1 is 1.38 bits per heavy atom. The van der Waals surface area contributed by atoms with E-state index in [1.165, 1.54) is 0 Å². The summed E-state index contributed by atoms with van der Waals surface area (Å²) in [6.07, 6.45) is 1.11. The lowest BCUT2D eigenvalue weighted by molar-refractivity contribution is -0.153. The van der Waals surface area contributed by atoms with Crippen molar-refractivity contribution in [2.24, 2.45) is 5.92 Å². The van der Waals surface area contributed by atoms with Crippen molar-refractivity contribution < 1.29 is 23.4 Å². The zero-order chi connectivity index (χ0) is 12.4. The van der Waals surface area contributed by atoms with Crippen LogP contribution in [0.2, 0.25) is 0 Å². The lowest BCUT2D eigenvalue weighted by atomic mass is 9.80. The summed E-state index contributed by atoms with van der Waals surface area (Å²) in [6.45, 7) is 1.85. The second-order valence-electron chi connectivity index (χ2n) is 4.43. The first-order chi connectivity index (χ1) is 7.31. The van der Waals surface area contributed by atoms with Crippen LogP contribution in [-0.2, 0) is 14.6 Å². The number of carboxylic acids is 1. The molecule has 6 heteroatoms. The van der Waals surface area contributed by atoms with Crippen LogP contribution in [-0.4, -0.2) is 41.7 Å². The molecule has 1 rings (SSSR count). The second kappa shape index (κ2) is 4.71. The molecule has 1 atom stereocenters. The number of aliphatic carboxylic acids is 1. The summed E-state index contributed by atoms with van der Waals surface area (Å²) in [5, 5.41) is 19.3. The highest BCUT2D eigenvalue weighted by Gasteiger charge is 2.44. The van der Waals surface area contributed by atoms with Crippen molar-refractivity contribution in [3.05, 3.63) is 0 Å². The molecule has 5 nitrogen and oxygen atoms in total. The number of rotatable bonds is 4. The second-order valence-corrected chi connectivity index (χ2v) is 6.74. The Kier molecular flexibility index (Phi) is 3.96. The maximum atomic E-state index is 11.2. The van der Waals surface area contributed by atoms with Gasteiger partial charge in [0.2, 0.25) is 0 Å². The first-order valence-electron chi connectivity index (χ1n) is 5.46. The Hall–Kier alpha value is -0.620. The van der Waals surface area contributed by atoms with Gasteiger partial charge in [0.25, 0.3) is 0 Å². The largest absolute Gasteiger partial charge is 0.481 e. The summed E-state index contributed by atoms with van der Waals surface area (Å²) in [7, 11) is -3.08. The average Bonchev–Trinajstić information content (AvgIpc) is 2.19. The topological polar surface area (TPSA) is 91.7 Å². The molecule has 0 spiro atoms. The van der Waals surface area contributed by atoms with Crippen LogP contribution in [0.5, 0.6) is 0 Å².